The molecule has 3 rings (SSSR count). The number of hydrogen-bond donors (Lipinski definition) is 1. The van der Waals surface area contributed by atoms with E-state index in [-0.39, 0.29) is 17.4 Å². The lowest BCUT2D eigenvalue weighted by atomic mass is 9.87. The summed E-state index contributed by atoms with van der Waals surface area (Å²) in [5.41, 5.74) is 2.89. The first-order valence-electron chi connectivity index (χ1n) is 7.71. The van der Waals surface area contributed by atoms with E-state index in [1.54, 1.807) is 18.2 Å². The predicted octanol–water partition coefficient (Wildman–Crippen LogP) is 3.16. The summed E-state index contributed by atoms with van der Waals surface area (Å²) in [7, 11) is 0.656. The van der Waals surface area contributed by atoms with E-state index in [2.05, 4.69) is 0 Å². The molecule has 1 aliphatic heterocycles. The number of hydrogen-bond acceptors (Lipinski definition) is 4. The van der Waals surface area contributed by atoms with Crippen LogP contribution in [0.5, 0.6) is 5.75 Å². The second-order valence-corrected chi connectivity index (χ2v) is 8.30. The molecule has 122 valence electrons. The van der Waals surface area contributed by atoms with Crippen LogP contribution in [0.4, 0.5) is 5.69 Å². The zero-order chi connectivity index (χ0) is 16.6. The van der Waals surface area contributed by atoms with E-state index in [4.69, 9.17) is 0 Å². The highest BCUT2D eigenvalue weighted by Gasteiger charge is 2.29. The molecule has 0 radical (unpaired) electrons. The average molecular weight is 331 g/mol. The molecule has 4 nitrogen and oxygen atoms in total. The summed E-state index contributed by atoms with van der Waals surface area (Å²) < 4.78 is 25.1. The quantitative estimate of drug-likeness (QED) is 0.918. The zero-order valence-electron chi connectivity index (χ0n) is 13.4. The molecule has 0 aromatic heterocycles. The molecule has 0 bridgehead atoms. The third kappa shape index (κ3) is 3.06. The van der Waals surface area contributed by atoms with Crippen LogP contribution in [0, 0.1) is 0 Å². The van der Waals surface area contributed by atoms with Crippen LogP contribution < -0.4 is 4.90 Å². The van der Waals surface area contributed by atoms with Crippen LogP contribution >= 0.6 is 0 Å². The van der Waals surface area contributed by atoms with E-state index in [1.807, 2.05) is 43.3 Å². The summed E-state index contributed by atoms with van der Waals surface area (Å²) in [5, 5.41) is 9.50. The minimum Gasteiger partial charge on any atom is -0.508 e. The van der Waals surface area contributed by atoms with Gasteiger partial charge in [-0.05, 0) is 54.3 Å². The van der Waals surface area contributed by atoms with Crippen LogP contribution in [0.2, 0.25) is 0 Å². The van der Waals surface area contributed by atoms with E-state index in [0.29, 0.717) is 11.3 Å². The maximum absolute atomic E-state index is 12.6. The molecule has 0 unspecified atom stereocenters. The van der Waals surface area contributed by atoms with Gasteiger partial charge in [0, 0.05) is 25.7 Å². The highest BCUT2D eigenvalue weighted by atomic mass is 32.2. The fourth-order valence-corrected chi connectivity index (χ4v) is 4.77. The number of aromatic hydroxyl groups is 1. The van der Waals surface area contributed by atoms with Crippen LogP contribution in [-0.4, -0.2) is 33.4 Å². The molecule has 0 saturated carbocycles. The van der Waals surface area contributed by atoms with Crippen molar-refractivity contribution in [2.45, 2.75) is 23.7 Å². The molecule has 0 aliphatic carbocycles. The summed E-state index contributed by atoms with van der Waals surface area (Å²) >= 11 is 0. The van der Waals surface area contributed by atoms with Crippen molar-refractivity contribution in [1.29, 1.82) is 0 Å². The monoisotopic (exact) mass is 331 g/mol. The van der Waals surface area contributed by atoms with Crippen molar-refractivity contribution < 1.29 is 13.5 Å². The highest BCUT2D eigenvalue weighted by molar-refractivity contribution is 7.91. The molecular formula is C18H21NO3S. The molecular weight excluding hydrogens is 310 g/mol. The standard InChI is InChI=1S/C18H21NO3S/c1-19(2)14-7-10-18-17(12-14)16(4-3-11-23(18,21)22)13-5-8-15(20)9-6-13/h5-10,12,16,20H,3-4,11H2,1-2H3/t16-/m1/s1. The second kappa shape index (κ2) is 5.89. The summed E-state index contributed by atoms with van der Waals surface area (Å²) in [6.45, 7) is 0. The first-order chi connectivity index (χ1) is 10.9. The van der Waals surface area contributed by atoms with Gasteiger partial charge in [0.15, 0.2) is 9.84 Å². The van der Waals surface area contributed by atoms with Crippen LogP contribution in [0.15, 0.2) is 47.4 Å². The van der Waals surface area contributed by atoms with E-state index in [1.165, 1.54) is 0 Å². The highest BCUT2D eigenvalue weighted by Crippen LogP contribution is 2.39. The normalized spacial score (nSPS) is 19.7. The lowest BCUT2D eigenvalue weighted by Gasteiger charge is -2.21. The van der Waals surface area contributed by atoms with Gasteiger partial charge in [0.25, 0.3) is 0 Å². The molecule has 1 atom stereocenters. The third-order valence-corrected chi connectivity index (χ3v) is 6.29. The van der Waals surface area contributed by atoms with Gasteiger partial charge in [-0.25, -0.2) is 8.42 Å². The Hall–Kier alpha value is -2.01. The number of phenols is 1. The Kier molecular flexibility index (Phi) is 4.06. The first-order valence-corrected chi connectivity index (χ1v) is 9.37. The van der Waals surface area contributed by atoms with Gasteiger partial charge in [-0.1, -0.05) is 12.1 Å². The van der Waals surface area contributed by atoms with Crippen molar-refractivity contribution in [1.82, 2.24) is 0 Å². The molecule has 2 aromatic carbocycles. The minimum atomic E-state index is -3.24. The van der Waals surface area contributed by atoms with Crippen molar-refractivity contribution in [3.63, 3.8) is 0 Å². The minimum absolute atomic E-state index is 0.0303. The Morgan fingerprint density at radius 3 is 2.43 bits per heavy atom. The lowest BCUT2D eigenvalue weighted by Crippen LogP contribution is -2.12. The van der Waals surface area contributed by atoms with Gasteiger partial charge in [-0.15, -0.1) is 0 Å². The van der Waals surface area contributed by atoms with Gasteiger partial charge in [-0.3, -0.25) is 0 Å². The summed E-state index contributed by atoms with van der Waals surface area (Å²) in [4.78, 5) is 2.42. The van der Waals surface area contributed by atoms with Crippen molar-refractivity contribution in [2.24, 2.45) is 0 Å². The van der Waals surface area contributed by atoms with Gasteiger partial charge in [-0.2, -0.15) is 0 Å². The predicted molar refractivity (Wildman–Crippen MR) is 92.0 cm³/mol. The largest absolute Gasteiger partial charge is 0.508 e. The smallest absolute Gasteiger partial charge is 0.178 e. The van der Waals surface area contributed by atoms with Crippen LogP contribution in [0.25, 0.3) is 0 Å². The molecule has 0 amide bonds. The van der Waals surface area contributed by atoms with E-state index in [9.17, 15) is 13.5 Å². The molecule has 0 spiro atoms. The summed E-state index contributed by atoms with van der Waals surface area (Å²) in [6, 6.07) is 12.6. The van der Waals surface area contributed by atoms with Gasteiger partial charge >= 0.3 is 0 Å². The zero-order valence-corrected chi connectivity index (χ0v) is 14.2. The molecule has 1 aliphatic rings. The summed E-state index contributed by atoms with van der Waals surface area (Å²) in [6.07, 6.45) is 1.42. The van der Waals surface area contributed by atoms with Crippen LogP contribution in [0.3, 0.4) is 0 Å². The Balaban J connectivity index is 2.19. The molecule has 0 saturated heterocycles. The Morgan fingerprint density at radius 2 is 1.78 bits per heavy atom. The van der Waals surface area contributed by atoms with Crippen molar-refractivity contribution >= 4 is 15.5 Å². The van der Waals surface area contributed by atoms with E-state index < -0.39 is 9.84 Å². The average Bonchev–Trinajstić information content (AvgIpc) is 2.64. The van der Waals surface area contributed by atoms with Gasteiger partial charge in [0.2, 0.25) is 0 Å². The number of rotatable bonds is 2. The first kappa shape index (κ1) is 15.9. The number of fused-ring (bicyclic) bond motifs is 1. The van der Waals surface area contributed by atoms with Crippen molar-refractivity contribution in [2.75, 3.05) is 24.7 Å². The Bertz CT molecular complexity index is 811. The maximum Gasteiger partial charge on any atom is 0.178 e. The molecule has 5 heteroatoms. The number of sulfone groups is 1. The van der Waals surface area contributed by atoms with Crippen molar-refractivity contribution in [3.05, 3.63) is 53.6 Å². The van der Waals surface area contributed by atoms with E-state index >= 15 is 0 Å². The number of anilines is 1. The molecule has 2 aromatic rings. The van der Waals surface area contributed by atoms with Gasteiger partial charge < -0.3 is 10.0 Å². The van der Waals surface area contributed by atoms with Gasteiger partial charge in [0.05, 0.1) is 10.6 Å². The molecule has 1 heterocycles. The fraction of sp³-hybridized carbons (Fsp3) is 0.333. The molecule has 0 fully saturated rings. The summed E-state index contributed by atoms with van der Waals surface area (Å²) in [5.74, 6) is 0.440. The maximum atomic E-state index is 12.6. The SMILES string of the molecule is CN(C)c1ccc2c(c1)[C@@H](c1ccc(O)cc1)CCCS2(=O)=O. The molecule has 1 N–H and O–H groups in total. The number of nitrogens with zero attached hydrogens (tertiary/aromatic N) is 1. The molecule has 23 heavy (non-hydrogen) atoms. The number of phenolic OH excluding ortho intramolecular Hbond substituents is 1. The van der Waals surface area contributed by atoms with Crippen LogP contribution in [-0.2, 0) is 9.84 Å². The van der Waals surface area contributed by atoms with Gasteiger partial charge in [0.1, 0.15) is 5.75 Å². The Labute approximate surface area is 137 Å². The third-order valence-electron chi connectivity index (χ3n) is 4.42. The second-order valence-electron chi connectivity index (χ2n) is 6.22. The van der Waals surface area contributed by atoms with E-state index in [0.717, 1.165) is 23.2 Å². The number of benzene rings is 2. The fourth-order valence-electron chi connectivity index (χ4n) is 3.17. The topological polar surface area (TPSA) is 57.6 Å². The lowest BCUT2D eigenvalue weighted by molar-refractivity contribution is 0.475. The van der Waals surface area contributed by atoms with Crippen molar-refractivity contribution in [3.8, 4) is 5.75 Å². The van der Waals surface area contributed by atoms with Crippen LogP contribution in [0.1, 0.15) is 29.9 Å². The Morgan fingerprint density at radius 1 is 1.09 bits per heavy atom.